The van der Waals surface area contributed by atoms with Crippen molar-refractivity contribution in [2.45, 2.75) is 33.6 Å². The van der Waals surface area contributed by atoms with E-state index in [1.807, 2.05) is 6.92 Å². The molecule has 0 saturated heterocycles. The molecule has 2 aromatic heterocycles. The van der Waals surface area contributed by atoms with Gasteiger partial charge < -0.3 is 10.1 Å². The maximum absolute atomic E-state index is 5.82. The van der Waals surface area contributed by atoms with Crippen LogP contribution >= 0.6 is 11.3 Å². The van der Waals surface area contributed by atoms with Crippen LogP contribution in [-0.4, -0.2) is 23.1 Å². The molecule has 0 bridgehead atoms. The normalized spacial score (nSPS) is 10.8. The Labute approximate surface area is 123 Å². The summed E-state index contributed by atoms with van der Waals surface area (Å²) >= 11 is 1.67. The Balaban J connectivity index is 2.25. The number of aromatic nitrogens is 2. The van der Waals surface area contributed by atoms with Gasteiger partial charge in [0, 0.05) is 17.8 Å². The van der Waals surface area contributed by atoms with E-state index >= 15 is 0 Å². The van der Waals surface area contributed by atoms with Crippen LogP contribution < -0.4 is 10.1 Å². The van der Waals surface area contributed by atoms with Gasteiger partial charge in [0.25, 0.3) is 0 Å². The Morgan fingerprint density at radius 3 is 2.95 bits per heavy atom. The summed E-state index contributed by atoms with van der Waals surface area (Å²) in [4.78, 5) is 11.2. The average molecular weight is 291 g/mol. The van der Waals surface area contributed by atoms with Gasteiger partial charge in [-0.1, -0.05) is 12.5 Å². The van der Waals surface area contributed by atoms with Gasteiger partial charge in [-0.15, -0.1) is 17.9 Å². The van der Waals surface area contributed by atoms with Crippen LogP contribution in [0.3, 0.4) is 0 Å². The van der Waals surface area contributed by atoms with Crippen molar-refractivity contribution in [1.29, 1.82) is 0 Å². The number of ether oxygens (including phenoxy) is 1. The first kappa shape index (κ1) is 14.8. The molecule has 0 atom stereocenters. The van der Waals surface area contributed by atoms with Crippen LogP contribution in [-0.2, 0) is 0 Å². The highest BCUT2D eigenvalue weighted by Crippen LogP contribution is 2.31. The molecule has 0 radical (unpaired) electrons. The first-order valence-corrected chi connectivity index (χ1v) is 7.71. The fourth-order valence-corrected chi connectivity index (χ4v) is 2.63. The Hall–Kier alpha value is -1.62. The van der Waals surface area contributed by atoms with Crippen LogP contribution in [0, 0.1) is 6.92 Å². The second kappa shape index (κ2) is 6.70. The zero-order valence-corrected chi connectivity index (χ0v) is 13.1. The molecule has 4 nitrogen and oxygen atoms in total. The Bertz CT molecular complexity index is 606. The van der Waals surface area contributed by atoms with E-state index in [-0.39, 0.29) is 0 Å². The lowest BCUT2D eigenvalue weighted by molar-refractivity contribution is 0.313. The predicted octanol–water partition coefficient (Wildman–Crippen LogP) is 4.17. The number of nitrogens with zero attached hydrogens (tertiary/aromatic N) is 2. The Morgan fingerprint density at radius 2 is 2.25 bits per heavy atom. The summed E-state index contributed by atoms with van der Waals surface area (Å²) in [5.41, 5.74) is 1.11. The van der Waals surface area contributed by atoms with Crippen LogP contribution in [0.2, 0.25) is 0 Å². The molecule has 2 aromatic rings. The topological polar surface area (TPSA) is 47.0 Å². The minimum absolute atomic E-state index is 0.601. The number of fused-ring (bicyclic) bond motifs is 1. The molecule has 2 rings (SSSR count). The van der Waals surface area contributed by atoms with Gasteiger partial charge in [-0.05, 0) is 26.3 Å². The Morgan fingerprint density at radius 1 is 1.45 bits per heavy atom. The summed E-state index contributed by atoms with van der Waals surface area (Å²) in [5.74, 6) is 1.31. The number of anilines is 1. The zero-order chi connectivity index (χ0) is 14.5. The molecule has 108 valence electrons. The number of rotatable bonds is 7. The van der Waals surface area contributed by atoms with Gasteiger partial charge in [0.1, 0.15) is 4.83 Å². The van der Waals surface area contributed by atoms with Gasteiger partial charge in [-0.3, -0.25) is 0 Å². The third-order valence-electron chi connectivity index (χ3n) is 2.78. The van der Waals surface area contributed by atoms with E-state index < -0.39 is 0 Å². The molecule has 0 amide bonds. The molecular formula is C15H21N3OS. The molecule has 0 aliphatic carbocycles. The monoisotopic (exact) mass is 291 g/mol. The van der Waals surface area contributed by atoms with E-state index in [0.29, 0.717) is 18.4 Å². The fourth-order valence-electron chi connectivity index (χ4n) is 1.76. The lowest BCUT2D eigenvalue weighted by Crippen LogP contribution is -2.06. The van der Waals surface area contributed by atoms with E-state index in [1.165, 1.54) is 4.88 Å². The van der Waals surface area contributed by atoms with Crippen LogP contribution in [0.25, 0.3) is 10.2 Å². The average Bonchev–Trinajstić information content (AvgIpc) is 2.76. The van der Waals surface area contributed by atoms with Crippen molar-refractivity contribution in [3.63, 3.8) is 0 Å². The molecule has 0 fully saturated rings. The van der Waals surface area contributed by atoms with Gasteiger partial charge in [-0.2, -0.15) is 4.98 Å². The smallest absolute Gasteiger partial charge is 0.227 e. The van der Waals surface area contributed by atoms with E-state index in [1.54, 1.807) is 11.3 Å². The highest BCUT2D eigenvalue weighted by molar-refractivity contribution is 7.18. The molecule has 0 saturated carbocycles. The number of hydrogen-bond donors (Lipinski definition) is 1. The van der Waals surface area contributed by atoms with Gasteiger partial charge in [0.15, 0.2) is 0 Å². The minimum Gasteiger partial charge on any atom is -0.477 e. The Kier molecular flexibility index (Phi) is 4.95. The van der Waals surface area contributed by atoms with Crippen molar-refractivity contribution < 1.29 is 4.74 Å². The SMILES string of the molecule is C=C(C)CCOc1nc(NCCC)nc2sc(C)cc12. The number of aryl methyl sites for hydroxylation is 1. The van der Waals surface area contributed by atoms with E-state index in [0.717, 1.165) is 35.2 Å². The zero-order valence-electron chi connectivity index (χ0n) is 12.3. The number of thiophene rings is 1. The molecule has 0 aliphatic rings. The van der Waals surface area contributed by atoms with E-state index in [4.69, 9.17) is 4.74 Å². The summed E-state index contributed by atoms with van der Waals surface area (Å²) in [6.07, 6.45) is 1.88. The second-order valence-corrected chi connectivity index (χ2v) is 6.15. The molecular weight excluding hydrogens is 270 g/mol. The van der Waals surface area contributed by atoms with E-state index in [2.05, 4.69) is 41.8 Å². The number of hydrogen-bond acceptors (Lipinski definition) is 5. The van der Waals surface area contributed by atoms with Crippen LogP contribution in [0.1, 0.15) is 31.6 Å². The summed E-state index contributed by atoms with van der Waals surface area (Å²) in [5, 5.41) is 4.22. The molecule has 0 aliphatic heterocycles. The van der Waals surface area contributed by atoms with Crippen LogP contribution in [0.4, 0.5) is 5.95 Å². The quantitative estimate of drug-likeness (QED) is 0.778. The molecule has 0 spiro atoms. The summed E-state index contributed by atoms with van der Waals surface area (Å²) in [6, 6.07) is 2.08. The lowest BCUT2D eigenvalue weighted by Gasteiger charge is -2.09. The molecule has 1 N–H and O–H groups in total. The summed E-state index contributed by atoms with van der Waals surface area (Å²) in [7, 11) is 0. The van der Waals surface area contributed by atoms with Gasteiger partial charge >= 0.3 is 0 Å². The third kappa shape index (κ3) is 3.70. The van der Waals surface area contributed by atoms with Crippen molar-refractivity contribution in [1.82, 2.24) is 9.97 Å². The maximum Gasteiger partial charge on any atom is 0.227 e. The minimum atomic E-state index is 0.601. The van der Waals surface area contributed by atoms with E-state index in [9.17, 15) is 0 Å². The highest BCUT2D eigenvalue weighted by atomic mass is 32.1. The van der Waals surface area contributed by atoms with Crippen LogP contribution in [0.15, 0.2) is 18.2 Å². The maximum atomic E-state index is 5.82. The third-order valence-corrected chi connectivity index (χ3v) is 3.73. The van der Waals surface area contributed by atoms with Crippen molar-refractivity contribution in [3.8, 4) is 5.88 Å². The molecule has 2 heterocycles. The molecule has 0 aromatic carbocycles. The first-order chi connectivity index (χ1) is 9.60. The first-order valence-electron chi connectivity index (χ1n) is 6.89. The largest absolute Gasteiger partial charge is 0.477 e. The second-order valence-electron chi connectivity index (χ2n) is 4.91. The lowest BCUT2D eigenvalue weighted by atomic mass is 10.3. The van der Waals surface area contributed by atoms with Crippen molar-refractivity contribution in [2.75, 3.05) is 18.5 Å². The summed E-state index contributed by atoms with van der Waals surface area (Å²) < 4.78 is 5.82. The fraction of sp³-hybridized carbons (Fsp3) is 0.467. The molecule has 0 unspecified atom stereocenters. The predicted molar refractivity (Wildman–Crippen MR) is 85.9 cm³/mol. The van der Waals surface area contributed by atoms with Gasteiger partial charge in [0.2, 0.25) is 11.8 Å². The van der Waals surface area contributed by atoms with Crippen molar-refractivity contribution >= 4 is 27.5 Å². The van der Waals surface area contributed by atoms with Gasteiger partial charge in [0.05, 0.1) is 12.0 Å². The highest BCUT2D eigenvalue weighted by Gasteiger charge is 2.11. The van der Waals surface area contributed by atoms with Crippen molar-refractivity contribution in [3.05, 3.63) is 23.1 Å². The van der Waals surface area contributed by atoms with Crippen LogP contribution in [0.5, 0.6) is 5.88 Å². The summed E-state index contributed by atoms with van der Waals surface area (Å²) in [6.45, 7) is 11.5. The standard InChI is InChI=1S/C15H21N3OS/c1-5-7-16-15-17-13(19-8-6-10(2)3)12-9-11(4)20-14(12)18-15/h9H,2,5-8H2,1,3-4H3,(H,16,17,18). The molecule has 5 heteroatoms. The number of nitrogens with one attached hydrogen (secondary N) is 1. The van der Waals surface area contributed by atoms with Gasteiger partial charge in [-0.25, -0.2) is 4.98 Å². The molecule has 20 heavy (non-hydrogen) atoms. The van der Waals surface area contributed by atoms with Crippen molar-refractivity contribution in [2.24, 2.45) is 0 Å².